The Kier molecular flexibility index (Phi) is 5.03. The summed E-state index contributed by atoms with van der Waals surface area (Å²) in [6.07, 6.45) is 6.48. The number of benzene rings is 1. The van der Waals surface area contributed by atoms with E-state index in [1.807, 2.05) is 13.8 Å². The summed E-state index contributed by atoms with van der Waals surface area (Å²) in [4.78, 5) is 4.01. The first kappa shape index (κ1) is 27.4. The molecule has 2 aromatic rings. The van der Waals surface area contributed by atoms with E-state index >= 15 is 0 Å². The molecule has 3 saturated carbocycles. The zero-order valence-electron chi connectivity index (χ0n) is 26.8. The molecule has 5 nitrogen and oxygen atoms in total. The minimum atomic E-state index is -0.964. The normalized spacial score (nSPS) is 49.1. The lowest BCUT2D eigenvalue weighted by molar-refractivity contribution is -0.262. The highest BCUT2D eigenvalue weighted by molar-refractivity contribution is 5.91. The molecule has 7 aliphatic rings. The van der Waals surface area contributed by atoms with Crippen LogP contribution in [-0.2, 0) is 27.7 Å². The maximum absolute atomic E-state index is 13.2. The van der Waals surface area contributed by atoms with E-state index in [1.54, 1.807) is 0 Å². The molecule has 2 aliphatic heterocycles. The third kappa shape index (κ3) is 2.84. The first-order valence-electron chi connectivity index (χ1n) is 17.0. The Hall–Kier alpha value is -1.92. The summed E-state index contributed by atoms with van der Waals surface area (Å²) in [6, 6.07) is 4.60. The van der Waals surface area contributed by atoms with Crippen LogP contribution in [0.4, 0.5) is 0 Å². The highest BCUT2D eigenvalue weighted by atomic mass is 16.7. The van der Waals surface area contributed by atoms with Crippen molar-refractivity contribution in [3.05, 3.63) is 58.8 Å². The number of H-pyrrole nitrogens is 1. The van der Waals surface area contributed by atoms with Gasteiger partial charge in [-0.1, -0.05) is 51.1 Å². The van der Waals surface area contributed by atoms with Gasteiger partial charge in [-0.15, -0.1) is 0 Å². The highest BCUT2D eigenvalue weighted by Gasteiger charge is 2.85. The second kappa shape index (κ2) is 7.89. The van der Waals surface area contributed by atoms with Crippen molar-refractivity contribution in [2.45, 2.75) is 133 Å². The summed E-state index contributed by atoms with van der Waals surface area (Å²) >= 11 is 0. The first-order chi connectivity index (χ1) is 20.2. The van der Waals surface area contributed by atoms with E-state index in [4.69, 9.17) is 9.47 Å². The third-order valence-electron chi connectivity index (χ3n) is 14.9. The van der Waals surface area contributed by atoms with Gasteiger partial charge < -0.3 is 24.7 Å². The molecule has 1 aromatic heterocycles. The van der Waals surface area contributed by atoms with Gasteiger partial charge in [0.05, 0.1) is 23.9 Å². The Balaban J connectivity index is 1.19. The van der Waals surface area contributed by atoms with E-state index in [0.29, 0.717) is 17.8 Å². The van der Waals surface area contributed by atoms with Crippen molar-refractivity contribution in [2.75, 3.05) is 0 Å². The average molecular weight is 584 g/mol. The number of fused-ring (bicyclic) bond motifs is 11. The number of aliphatic hydroxyl groups is 2. The van der Waals surface area contributed by atoms with Crippen molar-refractivity contribution in [2.24, 2.45) is 29.1 Å². The number of aromatic amines is 1. The number of ether oxygens (including phenoxy) is 2. The first-order valence-corrected chi connectivity index (χ1v) is 17.0. The van der Waals surface area contributed by atoms with E-state index in [9.17, 15) is 10.2 Å². The number of nitrogens with one attached hydrogen (secondary N) is 1. The molecule has 12 atom stereocenters. The Labute approximate surface area is 256 Å². The number of hydrogen-bond acceptors (Lipinski definition) is 4. The summed E-state index contributed by atoms with van der Waals surface area (Å²) < 4.78 is 13.5. The van der Waals surface area contributed by atoms with Crippen LogP contribution in [0.3, 0.4) is 0 Å². The van der Waals surface area contributed by atoms with Crippen molar-refractivity contribution in [1.82, 2.24) is 4.98 Å². The largest absolute Gasteiger partial charge is 0.390 e. The maximum Gasteiger partial charge on any atom is 0.150 e. The molecule has 3 heterocycles. The lowest BCUT2D eigenvalue weighted by Crippen LogP contribution is -2.75. The van der Waals surface area contributed by atoms with Crippen molar-refractivity contribution in [1.29, 1.82) is 0 Å². The van der Waals surface area contributed by atoms with Gasteiger partial charge in [0.2, 0.25) is 0 Å². The fourth-order valence-electron chi connectivity index (χ4n) is 12.5. The van der Waals surface area contributed by atoms with E-state index in [2.05, 4.69) is 58.0 Å². The van der Waals surface area contributed by atoms with E-state index in [0.717, 1.165) is 50.5 Å². The molecule has 1 aromatic carbocycles. The Morgan fingerprint density at radius 3 is 2.65 bits per heavy atom. The lowest BCUT2D eigenvalue weighted by atomic mass is 9.40. The minimum Gasteiger partial charge on any atom is -0.390 e. The summed E-state index contributed by atoms with van der Waals surface area (Å²) in [5, 5.41) is 25.8. The molecular formula is C38H49NO4. The van der Waals surface area contributed by atoms with Crippen LogP contribution in [0, 0.1) is 29.1 Å². The zero-order chi connectivity index (χ0) is 30.2. The third-order valence-corrected chi connectivity index (χ3v) is 14.9. The molecule has 230 valence electrons. The van der Waals surface area contributed by atoms with Crippen molar-refractivity contribution in [3.8, 4) is 0 Å². The minimum absolute atomic E-state index is 0.00995. The fraction of sp³-hybridized carbons (Fsp3) is 0.684. The standard InChI is InChI=1S/C38H49NO4/c1-18(2)31-20(4)33-38(43-33)27(42-31)12-13-35(7)36(8)22(11-14-37(35,38)41)16-24-30-26(39-32(24)36)10-9-21-15-19(3)23-17-25(34(5,6)40)29(23)28(21)30/h9-10,20,22-23,25,27,29,31,33,39-41H,1,3,11-17H2,2,4-8H3/t20?,22?,23?,25?,27?,29?,31?,33-,35+,36+,37-,38-/m0/s1. The van der Waals surface area contributed by atoms with Crippen molar-refractivity contribution in [3.63, 3.8) is 0 Å². The highest BCUT2D eigenvalue weighted by Crippen LogP contribution is 2.75. The number of aromatic nitrogens is 1. The molecule has 5 heteroatoms. The topological polar surface area (TPSA) is 78.0 Å². The molecule has 0 bridgehead atoms. The second-order valence-corrected chi connectivity index (χ2v) is 17.0. The summed E-state index contributed by atoms with van der Waals surface area (Å²) in [5.41, 5.74) is 6.41. The van der Waals surface area contributed by atoms with Crippen molar-refractivity contribution < 1.29 is 19.7 Å². The fourth-order valence-corrected chi connectivity index (χ4v) is 12.5. The number of epoxide rings is 1. The monoisotopic (exact) mass is 583 g/mol. The van der Waals surface area contributed by atoms with Crippen LogP contribution in [0.25, 0.3) is 10.9 Å². The molecule has 7 unspecified atom stereocenters. The smallest absolute Gasteiger partial charge is 0.150 e. The zero-order valence-corrected chi connectivity index (χ0v) is 26.8. The van der Waals surface area contributed by atoms with Gasteiger partial charge in [0.1, 0.15) is 5.60 Å². The predicted molar refractivity (Wildman–Crippen MR) is 168 cm³/mol. The molecule has 9 rings (SSSR count). The summed E-state index contributed by atoms with van der Waals surface area (Å²) in [6.45, 7) is 21.8. The quantitative estimate of drug-likeness (QED) is 0.274. The molecular weight excluding hydrogens is 534 g/mol. The molecule has 5 aliphatic carbocycles. The van der Waals surface area contributed by atoms with Gasteiger partial charge in [0, 0.05) is 33.3 Å². The molecule has 2 saturated heterocycles. The number of rotatable bonds is 2. The average Bonchev–Trinajstić information content (AvgIpc) is 3.48. The van der Waals surface area contributed by atoms with Crippen molar-refractivity contribution >= 4 is 10.9 Å². The number of allylic oxidation sites excluding steroid dienone is 1. The van der Waals surface area contributed by atoms with Gasteiger partial charge in [-0.2, -0.15) is 0 Å². The van der Waals surface area contributed by atoms with Crippen LogP contribution in [0.5, 0.6) is 0 Å². The second-order valence-electron chi connectivity index (χ2n) is 17.0. The van der Waals surface area contributed by atoms with Gasteiger partial charge in [0.25, 0.3) is 0 Å². The van der Waals surface area contributed by atoms with Gasteiger partial charge >= 0.3 is 0 Å². The molecule has 43 heavy (non-hydrogen) atoms. The van der Waals surface area contributed by atoms with Crippen LogP contribution in [-0.4, -0.2) is 50.3 Å². The van der Waals surface area contributed by atoms with Gasteiger partial charge in [-0.25, -0.2) is 0 Å². The lowest BCUT2D eigenvalue weighted by Gasteiger charge is -2.66. The van der Waals surface area contributed by atoms with E-state index in [1.165, 1.54) is 38.9 Å². The Bertz CT molecular complexity index is 1630. The Morgan fingerprint density at radius 1 is 1.16 bits per heavy atom. The van der Waals surface area contributed by atoms with E-state index in [-0.39, 0.29) is 41.0 Å². The van der Waals surface area contributed by atoms with Gasteiger partial charge in [-0.3, -0.25) is 0 Å². The van der Waals surface area contributed by atoms with Gasteiger partial charge in [0.15, 0.2) is 5.60 Å². The molecule has 3 N–H and O–H groups in total. The molecule has 5 fully saturated rings. The van der Waals surface area contributed by atoms with Crippen LogP contribution < -0.4 is 0 Å². The van der Waals surface area contributed by atoms with Gasteiger partial charge in [-0.05, 0) is 112 Å². The molecule has 0 radical (unpaired) electrons. The summed E-state index contributed by atoms with van der Waals surface area (Å²) in [5.74, 6) is 1.66. The van der Waals surface area contributed by atoms with E-state index < -0.39 is 16.8 Å². The SMILES string of the molecule is C=C1Cc2ccc3[nH]c4c(c3c2C2C1CC2C(C)(C)O)CC1CC[C@]2(O)[C@](C)(CCC3OC(C(=C)C)C(C)[C@@H]5O[C@@]352)[C@@]41C. The number of hydrogen-bond donors (Lipinski definition) is 3. The van der Waals surface area contributed by atoms with Crippen LogP contribution in [0.2, 0.25) is 0 Å². The molecule has 1 spiro atoms. The van der Waals surface area contributed by atoms with Crippen LogP contribution in [0.15, 0.2) is 36.4 Å². The maximum atomic E-state index is 13.2. The summed E-state index contributed by atoms with van der Waals surface area (Å²) in [7, 11) is 0. The Morgan fingerprint density at radius 2 is 1.93 bits per heavy atom. The molecule has 0 amide bonds. The predicted octanol–water partition coefficient (Wildman–Crippen LogP) is 6.64. The van der Waals surface area contributed by atoms with Crippen LogP contribution in [0.1, 0.15) is 102 Å². The van der Waals surface area contributed by atoms with Crippen LogP contribution >= 0.6 is 0 Å².